The summed E-state index contributed by atoms with van der Waals surface area (Å²) in [6, 6.07) is 19.2. The molecule has 2 aromatic rings. The molecule has 1 aliphatic heterocycles. The third kappa shape index (κ3) is 4.00. The molecule has 4 rings (SSSR count). The summed E-state index contributed by atoms with van der Waals surface area (Å²) in [6.45, 7) is 7.15. The van der Waals surface area contributed by atoms with Gasteiger partial charge in [0.2, 0.25) is 0 Å². The van der Waals surface area contributed by atoms with E-state index < -0.39 is 24.3 Å². The lowest BCUT2D eigenvalue weighted by Crippen LogP contribution is -2.52. The molecule has 1 heterocycles. The first-order valence-electron chi connectivity index (χ1n) is 10.9. The van der Waals surface area contributed by atoms with Crippen LogP contribution < -0.4 is 0 Å². The van der Waals surface area contributed by atoms with Crippen molar-refractivity contribution >= 4 is 17.8 Å². The number of carbonyl (C=O) groups is 2. The van der Waals surface area contributed by atoms with Crippen LogP contribution in [0.2, 0.25) is 0 Å². The van der Waals surface area contributed by atoms with Crippen molar-refractivity contribution in [2.24, 2.45) is 0 Å². The van der Waals surface area contributed by atoms with Crippen LogP contribution in [0.4, 0.5) is 9.59 Å². The maximum Gasteiger partial charge on any atom is 0.430 e. The number of ether oxygens (including phenoxy) is 2. The van der Waals surface area contributed by atoms with Crippen LogP contribution in [0.1, 0.15) is 38.8 Å². The van der Waals surface area contributed by atoms with Crippen LogP contribution in [0.3, 0.4) is 0 Å². The quantitative estimate of drug-likeness (QED) is 0.606. The molecule has 2 aromatic carbocycles. The fourth-order valence-electron chi connectivity index (χ4n) is 4.21. The first-order valence-corrected chi connectivity index (χ1v) is 10.9. The van der Waals surface area contributed by atoms with Gasteiger partial charge >= 0.3 is 12.2 Å². The molecule has 2 atom stereocenters. The van der Waals surface area contributed by atoms with Crippen molar-refractivity contribution < 1.29 is 19.1 Å². The molecule has 1 saturated heterocycles. The molecule has 32 heavy (non-hydrogen) atoms. The van der Waals surface area contributed by atoms with Crippen molar-refractivity contribution in [3.63, 3.8) is 0 Å². The van der Waals surface area contributed by atoms with E-state index >= 15 is 0 Å². The zero-order chi connectivity index (χ0) is 22.8. The summed E-state index contributed by atoms with van der Waals surface area (Å²) in [5.74, 6) is 0. The van der Waals surface area contributed by atoms with Gasteiger partial charge in [0.1, 0.15) is 0 Å². The molecule has 6 heteroatoms. The molecule has 1 aliphatic carbocycles. The zero-order valence-corrected chi connectivity index (χ0v) is 18.8. The predicted octanol–water partition coefficient (Wildman–Crippen LogP) is 5.42. The Labute approximate surface area is 188 Å². The highest BCUT2D eigenvalue weighted by atomic mass is 16.6. The van der Waals surface area contributed by atoms with Crippen LogP contribution in [0.25, 0.3) is 5.57 Å². The normalized spacial score (nSPS) is 19.1. The van der Waals surface area contributed by atoms with Gasteiger partial charge in [-0.2, -0.15) is 0 Å². The van der Waals surface area contributed by atoms with E-state index in [-0.39, 0.29) is 12.2 Å². The van der Waals surface area contributed by atoms with E-state index in [9.17, 15) is 9.59 Å². The summed E-state index contributed by atoms with van der Waals surface area (Å²) >= 11 is 0. The van der Waals surface area contributed by atoms with E-state index in [1.54, 1.807) is 27.7 Å². The molecular weight excluding hydrogens is 404 g/mol. The zero-order valence-electron chi connectivity index (χ0n) is 18.8. The number of nitrogens with zero attached hydrogens (tertiary/aromatic N) is 2. The Bertz CT molecular complexity index is 963. The minimum atomic E-state index is -0.574. The van der Waals surface area contributed by atoms with Gasteiger partial charge in [-0.15, -0.1) is 0 Å². The lowest BCUT2D eigenvalue weighted by molar-refractivity contribution is -0.0296. The number of fused-ring (bicyclic) bond motifs is 2. The summed E-state index contributed by atoms with van der Waals surface area (Å²) < 4.78 is 11.0. The van der Waals surface area contributed by atoms with E-state index in [1.165, 1.54) is 10.0 Å². The average Bonchev–Trinajstić information content (AvgIpc) is 3.30. The molecule has 1 fully saturated rings. The number of benzene rings is 2. The molecular formula is C26H28N2O4. The van der Waals surface area contributed by atoms with Crippen molar-refractivity contribution in [3.8, 4) is 0 Å². The summed E-state index contributed by atoms with van der Waals surface area (Å²) in [5, 5.41) is 2.77. The Morgan fingerprint density at radius 1 is 0.688 bits per heavy atom. The Balaban J connectivity index is 1.89. The summed E-state index contributed by atoms with van der Waals surface area (Å²) in [4.78, 5) is 26.2. The molecule has 166 valence electrons. The fraction of sp³-hybridized carbons (Fsp3) is 0.308. The van der Waals surface area contributed by atoms with Gasteiger partial charge in [-0.25, -0.2) is 19.6 Å². The largest absolute Gasteiger partial charge is 0.445 e. The Morgan fingerprint density at radius 3 is 1.41 bits per heavy atom. The monoisotopic (exact) mass is 432 g/mol. The molecule has 0 radical (unpaired) electrons. The summed E-state index contributed by atoms with van der Waals surface area (Å²) in [7, 11) is 0. The van der Waals surface area contributed by atoms with Gasteiger partial charge in [0.15, 0.2) is 0 Å². The molecule has 2 amide bonds. The highest BCUT2D eigenvalue weighted by Gasteiger charge is 2.53. The van der Waals surface area contributed by atoms with Crippen molar-refractivity contribution in [2.75, 3.05) is 0 Å². The number of hydrogen-bond acceptors (Lipinski definition) is 4. The number of hydrazine groups is 1. The first-order chi connectivity index (χ1) is 15.4. The van der Waals surface area contributed by atoms with E-state index in [1.807, 2.05) is 72.8 Å². The number of hydrogen-bond donors (Lipinski definition) is 0. The second kappa shape index (κ2) is 8.91. The van der Waals surface area contributed by atoms with Crippen molar-refractivity contribution in [3.05, 3.63) is 89.5 Å². The lowest BCUT2D eigenvalue weighted by atomic mass is 9.89. The second-order valence-corrected chi connectivity index (χ2v) is 8.39. The van der Waals surface area contributed by atoms with Gasteiger partial charge in [-0.3, -0.25) is 0 Å². The van der Waals surface area contributed by atoms with Crippen molar-refractivity contribution in [2.45, 2.75) is 52.0 Å². The van der Waals surface area contributed by atoms with Gasteiger partial charge < -0.3 is 9.47 Å². The van der Waals surface area contributed by atoms with Crippen LogP contribution >= 0.6 is 0 Å². The molecule has 2 bridgehead atoms. The Kier molecular flexibility index (Phi) is 6.04. The van der Waals surface area contributed by atoms with Gasteiger partial charge in [0, 0.05) is 0 Å². The lowest BCUT2D eigenvalue weighted by Gasteiger charge is -2.33. The average molecular weight is 433 g/mol. The van der Waals surface area contributed by atoms with Crippen LogP contribution in [-0.4, -0.2) is 46.5 Å². The van der Waals surface area contributed by atoms with Crippen LogP contribution in [-0.2, 0) is 9.47 Å². The summed E-state index contributed by atoms with van der Waals surface area (Å²) in [5.41, 5.74) is 3.98. The van der Waals surface area contributed by atoms with Gasteiger partial charge in [0.05, 0.1) is 24.3 Å². The Hall–Kier alpha value is -3.54. The minimum Gasteiger partial charge on any atom is -0.445 e. The topological polar surface area (TPSA) is 59.1 Å². The third-order valence-electron chi connectivity index (χ3n) is 5.33. The molecule has 0 aromatic heterocycles. The fourth-order valence-corrected chi connectivity index (χ4v) is 4.21. The highest BCUT2D eigenvalue weighted by Crippen LogP contribution is 2.44. The molecule has 0 unspecified atom stereocenters. The highest BCUT2D eigenvalue weighted by molar-refractivity contribution is 5.88. The third-order valence-corrected chi connectivity index (χ3v) is 5.33. The van der Waals surface area contributed by atoms with E-state index in [0.29, 0.717) is 0 Å². The molecule has 0 N–H and O–H groups in total. The minimum absolute atomic E-state index is 0.316. The standard InChI is InChI=1S/C26H28N2O4/c1-17(2)31-25(29)27-21-15-16-22(28(27)26(30)32-18(3)4)24(21)23(19-11-7-5-8-12-19)20-13-9-6-10-14-20/h5-18,21-22H,1-4H3/t21-,22+. The van der Waals surface area contributed by atoms with E-state index in [2.05, 4.69) is 0 Å². The van der Waals surface area contributed by atoms with Crippen molar-refractivity contribution in [1.82, 2.24) is 10.0 Å². The molecule has 2 aliphatic rings. The number of amides is 2. The smallest absolute Gasteiger partial charge is 0.430 e. The number of rotatable bonds is 4. The van der Waals surface area contributed by atoms with Crippen molar-refractivity contribution in [1.29, 1.82) is 0 Å². The maximum absolute atomic E-state index is 13.1. The van der Waals surface area contributed by atoms with Crippen LogP contribution in [0, 0.1) is 0 Å². The van der Waals surface area contributed by atoms with Gasteiger partial charge in [-0.05, 0) is 50.0 Å². The first kappa shape index (κ1) is 21.7. The molecule has 6 nitrogen and oxygen atoms in total. The Morgan fingerprint density at radius 2 is 1.06 bits per heavy atom. The van der Waals surface area contributed by atoms with E-state index in [4.69, 9.17) is 9.47 Å². The van der Waals surface area contributed by atoms with Gasteiger partial charge in [-0.1, -0.05) is 72.8 Å². The predicted molar refractivity (Wildman–Crippen MR) is 123 cm³/mol. The summed E-state index contributed by atoms with van der Waals surface area (Å²) in [6.07, 6.45) is 2.12. The maximum atomic E-state index is 13.1. The second-order valence-electron chi connectivity index (χ2n) is 8.39. The van der Waals surface area contributed by atoms with Crippen LogP contribution in [0.15, 0.2) is 78.4 Å². The number of carbonyl (C=O) groups excluding carboxylic acids is 2. The SMILES string of the molecule is CC(C)OC(=O)N1[C@@H]2C=C[C@@H](C2=C(c2ccccc2)c2ccccc2)N1C(=O)OC(C)C. The molecule has 0 spiro atoms. The van der Waals surface area contributed by atoms with Crippen LogP contribution in [0.5, 0.6) is 0 Å². The molecule has 0 saturated carbocycles. The van der Waals surface area contributed by atoms with E-state index in [0.717, 1.165) is 22.3 Å². The van der Waals surface area contributed by atoms with Gasteiger partial charge in [0.25, 0.3) is 0 Å².